The van der Waals surface area contributed by atoms with Crippen LogP contribution in [-0.4, -0.2) is 61.2 Å². The summed E-state index contributed by atoms with van der Waals surface area (Å²) in [5.41, 5.74) is 0. The van der Waals surface area contributed by atoms with E-state index in [-0.39, 0.29) is 36.5 Å². The molecule has 1 unspecified atom stereocenters. The van der Waals surface area contributed by atoms with Crippen molar-refractivity contribution in [3.63, 3.8) is 0 Å². The van der Waals surface area contributed by atoms with Gasteiger partial charge in [0.05, 0.1) is 23.2 Å². The number of thiophene rings is 1. The second kappa shape index (κ2) is 10.3. The van der Waals surface area contributed by atoms with Crippen molar-refractivity contribution in [3.05, 3.63) is 22.4 Å². The van der Waals surface area contributed by atoms with Crippen molar-refractivity contribution >= 4 is 39.0 Å². The monoisotopic (exact) mass is 443 g/mol. The van der Waals surface area contributed by atoms with Crippen LogP contribution in [-0.2, 0) is 19.6 Å². The normalized spacial score (nSPS) is 19.6. The van der Waals surface area contributed by atoms with E-state index in [0.29, 0.717) is 24.1 Å². The van der Waals surface area contributed by atoms with Gasteiger partial charge in [-0.1, -0.05) is 19.9 Å². The number of nitrogens with zero attached hydrogens (tertiary/aromatic N) is 1. The molecule has 1 saturated heterocycles. The number of rotatable bonds is 8. The minimum absolute atomic E-state index is 0.0669. The lowest BCUT2D eigenvalue weighted by Gasteiger charge is -2.23. The predicted octanol–water partition coefficient (Wildman–Crippen LogP) is 1.39. The predicted molar refractivity (Wildman–Crippen MR) is 112 cm³/mol. The van der Waals surface area contributed by atoms with Crippen molar-refractivity contribution in [1.29, 1.82) is 0 Å². The van der Waals surface area contributed by atoms with Crippen LogP contribution < -0.4 is 10.6 Å². The molecule has 1 aliphatic heterocycles. The first-order chi connectivity index (χ1) is 13.6. The lowest BCUT2D eigenvalue weighted by atomic mass is 10.0. The molecular weight excluding hydrogens is 414 g/mol. The maximum absolute atomic E-state index is 12.8. The van der Waals surface area contributed by atoms with Crippen LogP contribution in [0.2, 0.25) is 0 Å². The van der Waals surface area contributed by atoms with Gasteiger partial charge in [0.2, 0.25) is 15.9 Å². The molecule has 1 fully saturated rings. The van der Waals surface area contributed by atoms with Crippen LogP contribution in [0.5, 0.6) is 0 Å². The van der Waals surface area contributed by atoms with Gasteiger partial charge in [-0.2, -0.15) is 4.31 Å². The third kappa shape index (κ3) is 6.61. The van der Waals surface area contributed by atoms with Gasteiger partial charge in [0.15, 0.2) is 5.78 Å². The number of nitrogens with one attached hydrogen (secondary N) is 2. The second-order valence-corrected chi connectivity index (χ2v) is 10.7. The average Bonchev–Trinajstić information content (AvgIpc) is 3.13. The summed E-state index contributed by atoms with van der Waals surface area (Å²) in [7, 11) is -3.46. The Balaban J connectivity index is 2.05. The summed E-state index contributed by atoms with van der Waals surface area (Å²) in [5.74, 6) is -0.991. The summed E-state index contributed by atoms with van der Waals surface area (Å²) in [4.78, 5) is 38.3. The van der Waals surface area contributed by atoms with Gasteiger partial charge in [-0.3, -0.25) is 14.4 Å². The van der Waals surface area contributed by atoms with E-state index in [2.05, 4.69) is 10.6 Å². The molecule has 162 valence electrons. The minimum atomic E-state index is -3.46. The van der Waals surface area contributed by atoms with Crippen molar-refractivity contribution in [2.45, 2.75) is 52.1 Å². The Labute approximate surface area is 176 Å². The summed E-state index contributed by atoms with van der Waals surface area (Å²) in [6.45, 7) is 5.46. The van der Waals surface area contributed by atoms with Gasteiger partial charge >= 0.3 is 0 Å². The molecule has 0 bridgehead atoms. The minimum Gasteiger partial charge on any atom is -0.344 e. The number of ketones is 1. The van der Waals surface area contributed by atoms with Gasteiger partial charge in [-0.15, -0.1) is 11.3 Å². The van der Waals surface area contributed by atoms with Crippen LogP contribution in [0.4, 0.5) is 0 Å². The molecule has 8 nitrogen and oxygen atoms in total. The molecule has 0 radical (unpaired) electrons. The summed E-state index contributed by atoms with van der Waals surface area (Å²) in [6, 6.07) is 1.92. The Kier molecular flexibility index (Phi) is 8.35. The van der Waals surface area contributed by atoms with Crippen molar-refractivity contribution in [1.82, 2.24) is 14.9 Å². The first kappa shape index (κ1) is 23.5. The van der Waals surface area contributed by atoms with Crippen molar-refractivity contribution in [2.75, 3.05) is 18.8 Å². The molecule has 1 aliphatic rings. The zero-order valence-corrected chi connectivity index (χ0v) is 18.6. The highest BCUT2D eigenvalue weighted by Gasteiger charge is 2.33. The molecular formula is C19H29N3O5S2. The highest BCUT2D eigenvalue weighted by molar-refractivity contribution is 7.89. The molecule has 0 saturated carbocycles. The zero-order chi connectivity index (χ0) is 21.6. The lowest BCUT2D eigenvalue weighted by molar-refractivity contribution is -0.129. The van der Waals surface area contributed by atoms with Gasteiger partial charge in [-0.05, 0) is 43.6 Å². The van der Waals surface area contributed by atoms with Crippen molar-refractivity contribution < 1.29 is 22.8 Å². The summed E-state index contributed by atoms with van der Waals surface area (Å²) < 4.78 is 25.4. The topological polar surface area (TPSA) is 113 Å². The molecule has 1 aromatic rings. The number of hydrogen-bond acceptors (Lipinski definition) is 6. The van der Waals surface area contributed by atoms with Gasteiger partial charge < -0.3 is 10.6 Å². The molecule has 1 aromatic heterocycles. The standard InChI is InChI=1S/C19H29N3O5S2/c1-4-29(26,27)22-9-5-7-14(16(23)12-22)20-18(24)15(11-13(2)3)21-19(25)17-8-6-10-28-17/h6,8,10,13-15H,4-5,7,9,11-12H2,1-3H3,(H,20,24)(H,21,25)/t14-,15?/m0/s1. The molecule has 29 heavy (non-hydrogen) atoms. The Bertz CT molecular complexity index is 821. The van der Waals surface area contributed by atoms with E-state index in [1.165, 1.54) is 22.6 Å². The summed E-state index contributed by atoms with van der Waals surface area (Å²) >= 11 is 1.29. The first-order valence-electron chi connectivity index (χ1n) is 9.79. The molecule has 2 heterocycles. The maximum Gasteiger partial charge on any atom is 0.261 e. The highest BCUT2D eigenvalue weighted by atomic mass is 32.2. The Morgan fingerprint density at radius 1 is 1.34 bits per heavy atom. The molecule has 2 atom stereocenters. The zero-order valence-electron chi connectivity index (χ0n) is 17.0. The van der Waals surface area contributed by atoms with Gasteiger partial charge in [0, 0.05) is 6.54 Å². The van der Waals surface area contributed by atoms with Crippen molar-refractivity contribution in [3.8, 4) is 0 Å². The molecule has 0 aromatic carbocycles. The number of carbonyl (C=O) groups excluding carboxylic acids is 3. The molecule has 10 heteroatoms. The van der Waals surface area contributed by atoms with Crippen LogP contribution >= 0.6 is 11.3 Å². The molecule has 0 spiro atoms. The number of Topliss-reactive ketones (excluding diaryl/α,β-unsaturated/α-hetero) is 1. The fourth-order valence-electron chi connectivity index (χ4n) is 3.18. The summed E-state index contributed by atoms with van der Waals surface area (Å²) in [6.07, 6.45) is 1.28. The molecule has 0 aliphatic carbocycles. The fraction of sp³-hybridized carbons (Fsp3) is 0.632. The van der Waals surface area contributed by atoms with E-state index in [1.807, 2.05) is 13.8 Å². The number of carbonyl (C=O) groups is 3. The average molecular weight is 444 g/mol. The fourth-order valence-corrected chi connectivity index (χ4v) is 4.90. The van der Waals surface area contributed by atoms with Gasteiger partial charge in [0.25, 0.3) is 5.91 Å². The molecule has 2 amide bonds. The Hall–Kier alpha value is -1.78. The van der Waals surface area contributed by atoms with Crippen LogP contribution in [0, 0.1) is 5.92 Å². The van der Waals surface area contributed by atoms with Crippen LogP contribution in [0.1, 0.15) is 49.7 Å². The summed E-state index contributed by atoms with van der Waals surface area (Å²) in [5, 5.41) is 7.27. The first-order valence-corrected chi connectivity index (χ1v) is 12.3. The molecule has 2 rings (SSSR count). The third-order valence-corrected chi connectivity index (χ3v) is 7.47. The Morgan fingerprint density at radius 2 is 2.07 bits per heavy atom. The highest BCUT2D eigenvalue weighted by Crippen LogP contribution is 2.15. The smallest absolute Gasteiger partial charge is 0.261 e. The Morgan fingerprint density at radius 3 is 2.66 bits per heavy atom. The van der Waals surface area contributed by atoms with Crippen molar-refractivity contribution in [2.24, 2.45) is 5.92 Å². The van der Waals surface area contributed by atoms with E-state index in [9.17, 15) is 22.8 Å². The largest absolute Gasteiger partial charge is 0.344 e. The van der Waals surface area contributed by atoms with E-state index in [0.717, 1.165) is 0 Å². The third-order valence-electron chi connectivity index (χ3n) is 4.77. The van der Waals surface area contributed by atoms with Crippen LogP contribution in [0.3, 0.4) is 0 Å². The van der Waals surface area contributed by atoms with E-state index in [1.54, 1.807) is 17.5 Å². The van der Waals surface area contributed by atoms with Gasteiger partial charge in [-0.25, -0.2) is 8.42 Å². The lowest BCUT2D eigenvalue weighted by Crippen LogP contribution is -2.52. The number of sulfonamides is 1. The molecule has 2 N–H and O–H groups in total. The second-order valence-electron chi connectivity index (χ2n) is 7.54. The van der Waals surface area contributed by atoms with E-state index >= 15 is 0 Å². The quantitative estimate of drug-likeness (QED) is 0.630. The van der Waals surface area contributed by atoms with Crippen LogP contribution in [0.15, 0.2) is 17.5 Å². The number of amides is 2. The van der Waals surface area contributed by atoms with E-state index < -0.39 is 28.0 Å². The van der Waals surface area contributed by atoms with Crippen LogP contribution in [0.25, 0.3) is 0 Å². The van der Waals surface area contributed by atoms with E-state index in [4.69, 9.17) is 0 Å². The maximum atomic E-state index is 12.8. The SMILES string of the molecule is CCS(=O)(=O)N1CCC[C@H](NC(=O)C(CC(C)C)NC(=O)c2cccs2)C(=O)C1. The number of hydrogen-bond donors (Lipinski definition) is 2. The van der Waals surface area contributed by atoms with Gasteiger partial charge in [0.1, 0.15) is 6.04 Å².